The molecule has 0 fully saturated rings. The van der Waals surface area contributed by atoms with Crippen molar-refractivity contribution in [1.29, 1.82) is 0 Å². The van der Waals surface area contributed by atoms with E-state index in [4.69, 9.17) is 4.42 Å². The van der Waals surface area contributed by atoms with E-state index in [0.717, 1.165) is 11.5 Å². The number of pyridine rings is 1. The number of oxazole rings is 1. The quantitative estimate of drug-likeness (QED) is 0.669. The van der Waals surface area contributed by atoms with Gasteiger partial charge in [0.1, 0.15) is 5.76 Å². The Morgan fingerprint density at radius 3 is 2.55 bits per heavy atom. The van der Waals surface area contributed by atoms with Crippen molar-refractivity contribution in [3.63, 3.8) is 0 Å². The predicted octanol–water partition coefficient (Wildman–Crippen LogP) is 2.23. The van der Waals surface area contributed by atoms with Gasteiger partial charge in [-0.25, -0.2) is 4.98 Å². The number of aliphatic imine (C=N–C) groups is 1. The Bertz CT molecular complexity index is 613. The van der Waals surface area contributed by atoms with E-state index in [9.17, 15) is 0 Å². The minimum atomic E-state index is -0.0375. The minimum absolute atomic E-state index is 0.0375. The van der Waals surface area contributed by atoms with Crippen molar-refractivity contribution < 1.29 is 4.42 Å². The van der Waals surface area contributed by atoms with Crippen LogP contribution >= 0.6 is 0 Å². The normalized spacial score (nSPS) is 12.3. The molecule has 6 heteroatoms. The highest BCUT2D eigenvalue weighted by atomic mass is 16.4. The molecule has 0 bridgehead atoms. The molecule has 0 aliphatic carbocycles. The van der Waals surface area contributed by atoms with Crippen molar-refractivity contribution in [2.45, 2.75) is 39.3 Å². The van der Waals surface area contributed by atoms with Gasteiger partial charge in [-0.2, -0.15) is 0 Å². The van der Waals surface area contributed by atoms with E-state index in [1.807, 2.05) is 18.2 Å². The number of rotatable bonds is 4. The minimum Gasteiger partial charge on any atom is -0.443 e. The van der Waals surface area contributed by atoms with E-state index in [-0.39, 0.29) is 5.41 Å². The summed E-state index contributed by atoms with van der Waals surface area (Å²) in [5, 5.41) is 6.38. The zero-order chi connectivity index (χ0) is 16.0. The Hall–Kier alpha value is -2.37. The molecule has 0 aliphatic heterocycles. The van der Waals surface area contributed by atoms with Gasteiger partial charge in [-0.05, 0) is 12.1 Å². The summed E-state index contributed by atoms with van der Waals surface area (Å²) in [5.74, 6) is 2.20. The van der Waals surface area contributed by atoms with Gasteiger partial charge in [-0.1, -0.05) is 26.8 Å². The summed E-state index contributed by atoms with van der Waals surface area (Å²) in [4.78, 5) is 12.7. The maximum absolute atomic E-state index is 5.74. The second-order valence-electron chi connectivity index (χ2n) is 5.97. The molecule has 22 heavy (non-hydrogen) atoms. The predicted molar refractivity (Wildman–Crippen MR) is 86.5 cm³/mol. The van der Waals surface area contributed by atoms with Gasteiger partial charge in [0.2, 0.25) is 5.89 Å². The first-order valence-electron chi connectivity index (χ1n) is 7.28. The van der Waals surface area contributed by atoms with Crippen LogP contribution in [0.3, 0.4) is 0 Å². The van der Waals surface area contributed by atoms with Crippen molar-refractivity contribution in [3.05, 3.63) is 47.9 Å². The zero-order valence-corrected chi connectivity index (χ0v) is 13.6. The van der Waals surface area contributed by atoms with Crippen molar-refractivity contribution in [2.24, 2.45) is 4.99 Å². The van der Waals surface area contributed by atoms with E-state index in [1.165, 1.54) is 0 Å². The largest absolute Gasteiger partial charge is 0.443 e. The van der Waals surface area contributed by atoms with Gasteiger partial charge in [0.15, 0.2) is 5.96 Å². The van der Waals surface area contributed by atoms with Gasteiger partial charge < -0.3 is 15.1 Å². The Morgan fingerprint density at radius 2 is 1.95 bits per heavy atom. The summed E-state index contributed by atoms with van der Waals surface area (Å²) < 4.78 is 5.74. The lowest BCUT2D eigenvalue weighted by Crippen LogP contribution is -2.36. The smallest absolute Gasteiger partial charge is 0.213 e. The lowest BCUT2D eigenvalue weighted by molar-refractivity contribution is 0.379. The molecular formula is C16H23N5O. The summed E-state index contributed by atoms with van der Waals surface area (Å²) in [6.07, 6.45) is 3.55. The van der Waals surface area contributed by atoms with Gasteiger partial charge in [0, 0.05) is 18.7 Å². The molecule has 2 aromatic rings. The number of aromatic nitrogens is 2. The average Bonchev–Trinajstić information content (AvgIpc) is 2.97. The molecule has 0 saturated carbocycles. The second kappa shape index (κ2) is 7.06. The summed E-state index contributed by atoms with van der Waals surface area (Å²) in [6, 6.07) is 5.82. The molecule has 2 heterocycles. The van der Waals surface area contributed by atoms with Crippen LogP contribution in [0.4, 0.5) is 0 Å². The summed E-state index contributed by atoms with van der Waals surface area (Å²) in [7, 11) is 1.73. The maximum Gasteiger partial charge on any atom is 0.213 e. The maximum atomic E-state index is 5.74. The molecule has 2 aromatic heterocycles. The van der Waals surface area contributed by atoms with Gasteiger partial charge in [0.05, 0.1) is 25.0 Å². The van der Waals surface area contributed by atoms with Crippen LogP contribution < -0.4 is 10.6 Å². The third-order valence-corrected chi connectivity index (χ3v) is 3.09. The van der Waals surface area contributed by atoms with Gasteiger partial charge >= 0.3 is 0 Å². The highest BCUT2D eigenvalue weighted by molar-refractivity contribution is 5.79. The fourth-order valence-electron chi connectivity index (χ4n) is 1.80. The monoisotopic (exact) mass is 301 g/mol. The fraction of sp³-hybridized carbons (Fsp3) is 0.438. The molecule has 0 radical (unpaired) electrons. The zero-order valence-electron chi connectivity index (χ0n) is 13.6. The highest BCUT2D eigenvalue weighted by Crippen LogP contribution is 2.22. The van der Waals surface area contributed by atoms with Crippen LogP contribution in [0, 0.1) is 0 Å². The lowest BCUT2D eigenvalue weighted by Gasteiger charge is -2.13. The number of hydrogen-bond donors (Lipinski definition) is 2. The Kier molecular flexibility index (Phi) is 5.14. The molecule has 0 aliphatic rings. The Labute approximate surface area is 131 Å². The molecule has 2 N–H and O–H groups in total. The molecule has 2 rings (SSSR count). The Morgan fingerprint density at radius 1 is 1.18 bits per heavy atom. The summed E-state index contributed by atoms with van der Waals surface area (Å²) >= 11 is 0. The van der Waals surface area contributed by atoms with Gasteiger partial charge in [-0.15, -0.1) is 0 Å². The number of nitrogens with zero attached hydrogens (tertiary/aromatic N) is 3. The van der Waals surface area contributed by atoms with Crippen molar-refractivity contribution in [2.75, 3.05) is 7.05 Å². The molecule has 0 atom stereocenters. The van der Waals surface area contributed by atoms with E-state index in [2.05, 4.69) is 46.4 Å². The first-order valence-corrected chi connectivity index (χ1v) is 7.28. The van der Waals surface area contributed by atoms with E-state index in [1.54, 1.807) is 19.4 Å². The molecule has 0 amide bonds. The van der Waals surface area contributed by atoms with Crippen molar-refractivity contribution >= 4 is 5.96 Å². The first-order chi connectivity index (χ1) is 10.5. The van der Waals surface area contributed by atoms with Crippen molar-refractivity contribution in [1.82, 2.24) is 20.6 Å². The molecule has 0 aromatic carbocycles. The highest BCUT2D eigenvalue weighted by Gasteiger charge is 2.19. The number of nitrogens with one attached hydrogen (secondary N) is 2. The van der Waals surface area contributed by atoms with Crippen LogP contribution in [0.2, 0.25) is 0 Å². The molecule has 0 saturated heterocycles. The molecule has 0 spiro atoms. The fourth-order valence-corrected chi connectivity index (χ4v) is 1.80. The second-order valence-corrected chi connectivity index (χ2v) is 5.97. The van der Waals surface area contributed by atoms with E-state index >= 15 is 0 Å². The van der Waals surface area contributed by atoms with Crippen molar-refractivity contribution in [3.8, 4) is 0 Å². The number of hydrogen-bond acceptors (Lipinski definition) is 4. The van der Waals surface area contributed by atoms with Crippen LogP contribution in [0.5, 0.6) is 0 Å². The molecule has 0 unspecified atom stereocenters. The van der Waals surface area contributed by atoms with E-state index < -0.39 is 0 Å². The third-order valence-electron chi connectivity index (χ3n) is 3.09. The average molecular weight is 301 g/mol. The SMILES string of the molecule is CN=C(NCc1ccccn1)NCc1ncc(C(C)(C)C)o1. The van der Waals surface area contributed by atoms with Crippen LogP contribution in [0.15, 0.2) is 40.0 Å². The summed E-state index contributed by atoms with van der Waals surface area (Å²) in [5.41, 5.74) is 0.918. The van der Waals surface area contributed by atoms with Gasteiger partial charge in [-0.3, -0.25) is 9.98 Å². The Balaban J connectivity index is 1.85. The molecule has 118 valence electrons. The number of guanidine groups is 1. The standard InChI is InChI=1S/C16H23N5O/c1-16(2,3)13-10-19-14(22-13)11-21-15(17-4)20-9-12-7-5-6-8-18-12/h5-8,10H,9,11H2,1-4H3,(H2,17,20,21). The van der Waals surface area contributed by atoms with Crippen LogP contribution in [0.1, 0.15) is 38.1 Å². The van der Waals surface area contributed by atoms with Gasteiger partial charge in [0.25, 0.3) is 0 Å². The molecular weight excluding hydrogens is 278 g/mol. The lowest BCUT2D eigenvalue weighted by atomic mass is 9.94. The van der Waals surface area contributed by atoms with Crippen LogP contribution in [-0.2, 0) is 18.5 Å². The third kappa shape index (κ3) is 4.58. The first kappa shape index (κ1) is 16.0. The summed E-state index contributed by atoms with van der Waals surface area (Å²) in [6.45, 7) is 7.38. The topological polar surface area (TPSA) is 75.3 Å². The van der Waals surface area contributed by atoms with E-state index in [0.29, 0.717) is 24.9 Å². The molecule has 6 nitrogen and oxygen atoms in total. The van der Waals surface area contributed by atoms with Crippen LogP contribution in [-0.4, -0.2) is 23.0 Å². The van der Waals surface area contributed by atoms with Crippen LogP contribution in [0.25, 0.3) is 0 Å².